The number of aromatic nitrogens is 2. The lowest BCUT2D eigenvalue weighted by molar-refractivity contribution is -0.116. The number of rotatable bonds is 6. The molecule has 0 aliphatic heterocycles. The van der Waals surface area contributed by atoms with Crippen molar-refractivity contribution in [2.24, 2.45) is 0 Å². The Hall–Kier alpha value is -2.60. The molecule has 0 saturated carbocycles. The number of anilines is 1. The molecule has 0 spiro atoms. The summed E-state index contributed by atoms with van der Waals surface area (Å²) >= 11 is 1.25. The first-order chi connectivity index (χ1) is 11.8. The van der Waals surface area contributed by atoms with E-state index in [4.69, 9.17) is 4.52 Å². The third-order valence-electron chi connectivity index (χ3n) is 3.44. The molecule has 3 aromatic rings. The summed E-state index contributed by atoms with van der Waals surface area (Å²) in [6.45, 7) is 2.57. The van der Waals surface area contributed by atoms with E-state index < -0.39 is 0 Å². The van der Waals surface area contributed by atoms with Crippen molar-refractivity contribution in [1.82, 2.24) is 10.1 Å². The molecule has 122 valence electrons. The molecule has 24 heavy (non-hydrogen) atoms. The standard InChI is InChI=1S/C18H17N3O2S/c1-2-21(15-11-7-4-8-12-15)16(22)13-24-18-19-17(20-23-18)14-9-5-3-6-10-14/h3-12H,2,13H2,1H3. The van der Waals surface area contributed by atoms with Crippen LogP contribution in [0.5, 0.6) is 0 Å². The number of hydrogen-bond acceptors (Lipinski definition) is 5. The first-order valence-corrected chi connectivity index (χ1v) is 8.64. The van der Waals surface area contributed by atoms with Gasteiger partial charge in [0, 0.05) is 17.8 Å². The quantitative estimate of drug-likeness (QED) is 0.638. The Kier molecular flexibility index (Phi) is 5.28. The minimum absolute atomic E-state index is 0.00756. The van der Waals surface area contributed by atoms with Gasteiger partial charge in [-0.1, -0.05) is 65.4 Å². The maximum Gasteiger partial charge on any atom is 0.286 e. The van der Waals surface area contributed by atoms with Crippen LogP contribution in [0.25, 0.3) is 11.4 Å². The van der Waals surface area contributed by atoms with Gasteiger partial charge in [-0.25, -0.2) is 0 Å². The van der Waals surface area contributed by atoms with E-state index >= 15 is 0 Å². The predicted octanol–water partition coefficient (Wildman–Crippen LogP) is 3.88. The van der Waals surface area contributed by atoms with Gasteiger partial charge in [0.05, 0.1) is 5.75 Å². The molecule has 0 bridgehead atoms. The molecule has 0 unspecified atom stereocenters. The average Bonchev–Trinajstić information content (AvgIpc) is 3.11. The summed E-state index contributed by atoms with van der Waals surface area (Å²) in [5.74, 6) is 0.785. The molecule has 0 saturated heterocycles. The highest BCUT2D eigenvalue weighted by atomic mass is 32.2. The summed E-state index contributed by atoms with van der Waals surface area (Å²) in [5.41, 5.74) is 1.78. The molecule has 0 N–H and O–H groups in total. The van der Waals surface area contributed by atoms with E-state index in [1.807, 2.05) is 67.6 Å². The summed E-state index contributed by atoms with van der Waals surface area (Å²) in [4.78, 5) is 18.5. The Morgan fingerprint density at radius 2 is 1.75 bits per heavy atom. The molecular formula is C18H17N3O2S. The number of hydrogen-bond donors (Lipinski definition) is 0. The Bertz CT molecular complexity index is 790. The highest BCUT2D eigenvalue weighted by Crippen LogP contribution is 2.22. The van der Waals surface area contributed by atoms with Crippen LogP contribution >= 0.6 is 11.8 Å². The number of amides is 1. The minimum atomic E-state index is 0.00756. The lowest BCUT2D eigenvalue weighted by Gasteiger charge is -2.20. The van der Waals surface area contributed by atoms with E-state index in [0.717, 1.165) is 11.3 Å². The van der Waals surface area contributed by atoms with E-state index in [1.165, 1.54) is 11.8 Å². The minimum Gasteiger partial charge on any atom is -0.327 e. The zero-order valence-corrected chi connectivity index (χ0v) is 14.1. The van der Waals surface area contributed by atoms with E-state index in [0.29, 0.717) is 17.6 Å². The van der Waals surface area contributed by atoms with Gasteiger partial charge in [0.1, 0.15) is 0 Å². The number of para-hydroxylation sites is 1. The van der Waals surface area contributed by atoms with Crippen LogP contribution in [0.2, 0.25) is 0 Å². The highest BCUT2D eigenvalue weighted by Gasteiger charge is 2.16. The lowest BCUT2D eigenvalue weighted by Crippen LogP contribution is -2.32. The molecule has 5 nitrogen and oxygen atoms in total. The van der Waals surface area contributed by atoms with Gasteiger partial charge < -0.3 is 9.42 Å². The van der Waals surface area contributed by atoms with Crippen LogP contribution < -0.4 is 4.90 Å². The maximum atomic E-state index is 12.4. The first-order valence-electron chi connectivity index (χ1n) is 7.65. The molecule has 3 rings (SSSR count). The predicted molar refractivity (Wildman–Crippen MR) is 94.9 cm³/mol. The summed E-state index contributed by atoms with van der Waals surface area (Å²) in [6, 6.07) is 19.2. The van der Waals surface area contributed by atoms with Gasteiger partial charge in [-0.3, -0.25) is 4.79 Å². The lowest BCUT2D eigenvalue weighted by atomic mass is 10.2. The molecule has 1 heterocycles. The SMILES string of the molecule is CCN(C(=O)CSc1nc(-c2ccccc2)no1)c1ccccc1. The van der Waals surface area contributed by atoms with Crippen LogP contribution in [-0.2, 0) is 4.79 Å². The van der Waals surface area contributed by atoms with Gasteiger partial charge in [0.25, 0.3) is 5.22 Å². The van der Waals surface area contributed by atoms with Crippen LogP contribution in [0.4, 0.5) is 5.69 Å². The van der Waals surface area contributed by atoms with Crippen molar-refractivity contribution in [1.29, 1.82) is 0 Å². The van der Waals surface area contributed by atoms with E-state index in [9.17, 15) is 4.79 Å². The Labute approximate surface area is 144 Å². The second-order valence-corrected chi connectivity index (χ2v) is 5.94. The van der Waals surface area contributed by atoms with Crippen molar-refractivity contribution in [3.63, 3.8) is 0 Å². The fourth-order valence-electron chi connectivity index (χ4n) is 2.28. The van der Waals surface area contributed by atoms with E-state index in [2.05, 4.69) is 10.1 Å². The van der Waals surface area contributed by atoms with Gasteiger partial charge in [0.2, 0.25) is 11.7 Å². The number of benzene rings is 2. The molecule has 1 amide bonds. The second-order valence-electron chi connectivity index (χ2n) is 5.01. The number of nitrogens with zero attached hydrogens (tertiary/aromatic N) is 3. The van der Waals surface area contributed by atoms with E-state index in [-0.39, 0.29) is 11.7 Å². The van der Waals surface area contributed by atoms with Crippen LogP contribution in [-0.4, -0.2) is 28.3 Å². The number of carbonyl (C=O) groups is 1. The van der Waals surface area contributed by atoms with Crippen LogP contribution in [0.15, 0.2) is 70.4 Å². The topological polar surface area (TPSA) is 59.2 Å². The van der Waals surface area contributed by atoms with Crippen molar-refractivity contribution in [2.75, 3.05) is 17.2 Å². The number of carbonyl (C=O) groups excluding carboxylic acids is 1. The van der Waals surface area contributed by atoms with Crippen molar-refractivity contribution in [3.8, 4) is 11.4 Å². The second kappa shape index (κ2) is 7.79. The molecule has 6 heteroatoms. The van der Waals surface area contributed by atoms with E-state index in [1.54, 1.807) is 4.90 Å². The molecule has 0 aliphatic carbocycles. The van der Waals surface area contributed by atoms with Gasteiger partial charge in [-0.05, 0) is 19.1 Å². The van der Waals surface area contributed by atoms with Gasteiger partial charge in [-0.2, -0.15) is 4.98 Å². The molecule has 1 aromatic heterocycles. The largest absolute Gasteiger partial charge is 0.327 e. The highest BCUT2D eigenvalue weighted by molar-refractivity contribution is 7.99. The summed E-state index contributed by atoms with van der Waals surface area (Å²) in [6.07, 6.45) is 0. The zero-order chi connectivity index (χ0) is 16.8. The summed E-state index contributed by atoms with van der Waals surface area (Å²) in [7, 11) is 0. The molecular weight excluding hydrogens is 322 g/mol. The fourth-order valence-corrected chi connectivity index (χ4v) is 2.93. The monoisotopic (exact) mass is 339 g/mol. The van der Waals surface area contributed by atoms with Crippen molar-refractivity contribution < 1.29 is 9.32 Å². The number of thioether (sulfide) groups is 1. The molecule has 0 atom stereocenters. The maximum absolute atomic E-state index is 12.4. The average molecular weight is 339 g/mol. The van der Waals surface area contributed by atoms with Crippen molar-refractivity contribution in [3.05, 3.63) is 60.7 Å². The molecule has 0 aliphatic rings. The van der Waals surface area contributed by atoms with Crippen LogP contribution in [0.3, 0.4) is 0 Å². The fraction of sp³-hybridized carbons (Fsp3) is 0.167. The smallest absolute Gasteiger partial charge is 0.286 e. The van der Waals surface area contributed by atoms with Crippen molar-refractivity contribution in [2.45, 2.75) is 12.1 Å². The molecule has 0 fully saturated rings. The van der Waals surface area contributed by atoms with Gasteiger partial charge in [-0.15, -0.1) is 0 Å². The third kappa shape index (κ3) is 3.83. The Morgan fingerprint density at radius 1 is 1.08 bits per heavy atom. The van der Waals surface area contributed by atoms with Gasteiger partial charge in [0.15, 0.2) is 0 Å². The summed E-state index contributed by atoms with van der Waals surface area (Å²) in [5, 5.41) is 4.35. The van der Waals surface area contributed by atoms with Gasteiger partial charge >= 0.3 is 0 Å². The third-order valence-corrected chi connectivity index (χ3v) is 4.25. The Morgan fingerprint density at radius 3 is 2.42 bits per heavy atom. The molecule has 0 radical (unpaired) electrons. The molecule has 2 aromatic carbocycles. The normalized spacial score (nSPS) is 10.5. The van der Waals surface area contributed by atoms with Crippen LogP contribution in [0.1, 0.15) is 6.92 Å². The van der Waals surface area contributed by atoms with Crippen LogP contribution in [0, 0.1) is 0 Å². The zero-order valence-electron chi connectivity index (χ0n) is 13.3. The Balaban J connectivity index is 1.63. The van der Waals surface area contributed by atoms with Crippen molar-refractivity contribution >= 4 is 23.4 Å². The first kappa shape index (κ1) is 16.3. The summed E-state index contributed by atoms with van der Waals surface area (Å²) < 4.78 is 5.22.